The smallest absolute Gasteiger partial charge is 0.309 e. The number of hydrogen-bond donors (Lipinski definition) is 1. The largest absolute Gasteiger partial charge is 0.322 e. The van der Waals surface area contributed by atoms with Crippen molar-refractivity contribution in [2.75, 3.05) is 5.32 Å². The highest BCUT2D eigenvalue weighted by molar-refractivity contribution is 5.91. The van der Waals surface area contributed by atoms with Gasteiger partial charge in [-0.25, -0.2) is 4.79 Å². The number of amides is 2. The quantitative estimate of drug-likeness (QED) is 0.712. The van der Waals surface area contributed by atoms with Crippen LogP contribution in [0.2, 0.25) is 0 Å². The number of aryl methyl sites for hydroxylation is 1. The lowest BCUT2D eigenvalue weighted by Gasteiger charge is -2.23. The molecule has 1 fully saturated rings. The van der Waals surface area contributed by atoms with Crippen molar-refractivity contribution in [3.8, 4) is 11.3 Å². The Kier molecular flexibility index (Phi) is 3.67. The van der Waals surface area contributed by atoms with Gasteiger partial charge in [-0.1, -0.05) is 18.2 Å². The number of nitrogens with zero attached hydrogens (tertiary/aromatic N) is 3. The normalized spacial score (nSPS) is 19.8. The molecule has 5 rings (SSSR count). The Labute approximate surface area is 158 Å². The fourth-order valence-electron chi connectivity index (χ4n) is 4.34. The summed E-state index contributed by atoms with van der Waals surface area (Å²) in [5.41, 5.74) is 6.11. The van der Waals surface area contributed by atoms with Crippen LogP contribution in [0.5, 0.6) is 0 Å². The highest BCUT2D eigenvalue weighted by Crippen LogP contribution is 2.52. The van der Waals surface area contributed by atoms with E-state index < -0.39 is 0 Å². The highest BCUT2D eigenvalue weighted by Gasteiger charge is 2.47. The van der Waals surface area contributed by atoms with Crippen molar-refractivity contribution in [1.29, 1.82) is 0 Å². The summed E-state index contributed by atoms with van der Waals surface area (Å²) in [6, 6.07) is 16.0. The lowest BCUT2D eigenvalue weighted by molar-refractivity contribution is 0.196. The monoisotopic (exact) mass is 356 g/mol. The minimum atomic E-state index is -0.0590. The van der Waals surface area contributed by atoms with E-state index in [0.717, 1.165) is 41.0 Å². The predicted octanol–water partition coefficient (Wildman–Crippen LogP) is 4.88. The van der Waals surface area contributed by atoms with Gasteiger partial charge in [0.05, 0.1) is 23.5 Å². The fourth-order valence-corrected chi connectivity index (χ4v) is 4.34. The number of anilines is 1. The van der Waals surface area contributed by atoms with Gasteiger partial charge in [0.25, 0.3) is 0 Å². The van der Waals surface area contributed by atoms with Crippen LogP contribution < -0.4 is 5.32 Å². The van der Waals surface area contributed by atoms with Crippen LogP contribution in [0.25, 0.3) is 11.3 Å². The Hall–Kier alpha value is -3.21. The van der Waals surface area contributed by atoms with E-state index in [0.29, 0.717) is 0 Å². The van der Waals surface area contributed by atoms with E-state index in [2.05, 4.69) is 28.3 Å². The lowest BCUT2D eigenvalue weighted by atomic mass is 9.96. The molecule has 2 unspecified atom stereocenters. The molecule has 2 bridgehead atoms. The molecule has 1 aromatic carbocycles. The van der Waals surface area contributed by atoms with E-state index in [1.54, 1.807) is 6.20 Å². The molecule has 2 aliphatic heterocycles. The maximum atomic E-state index is 13.0. The molecule has 2 aliphatic rings. The Morgan fingerprint density at radius 2 is 1.89 bits per heavy atom. The third-order valence-electron chi connectivity index (χ3n) is 5.60. The summed E-state index contributed by atoms with van der Waals surface area (Å²) in [5.74, 6) is 0. The summed E-state index contributed by atoms with van der Waals surface area (Å²) in [6.45, 7) is 2.05. The van der Waals surface area contributed by atoms with Crippen LogP contribution in [0.1, 0.15) is 41.7 Å². The summed E-state index contributed by atoms with van der Waals surface area (Å²) < 4.78 is 0. The van der Waals surface area contributed by atoms with Gasteiger partial charge in [-0.2, -0.15) is 0 Å². The van der Waals surface area contributed by atoms with Gasteiger partial charge in [0.1, 0.15) is 0 Å². The molecule has 2 aromatic heterocycles. The number of urea groups is 1. The molecule has 3 aromatic rings. The molecular weight excluding hydrogens is 336 g/mol. The molecule has 4 heterocycles. The van der Waals surface area contributed by atoms with E-state index in [-0.39, 0.29) is 18.1 Å². The minimum Gasteiger partial charge on any atom is -0.309 e. The Balaban J connectivity index is 1.41. The van der Waals surface area contributed by atoms with Crippen LogP contribution in [0.15, 0.2) is 60.9 Å². The number of pyridine rings is 2. The first-order valence-corrected chi connectivity index (χ1v) is 9.28. The number of carbonyl (C=O) groups is 1. The average molecular weight is 356 g/mol. The second-order valence-corrected chi connectivity index (χ2v) is 7.17. The van der Waals surface area contributed by atoms with E-state index in [9.17, 15) is 4.79 Å². The van der Waals surface area contributed by atoms with Gasteiger partial charge >= 0.3 is 6.03 Å². The molecule has 0 aliphatic carbocycles. The molecule has 0 saturated carbocycles. The summed E-state index contributed by atoms with van der Waals surface area (Å²) in [7, 11) is 0. The van der Waals surface area contributed by atoms with Gasteiger partial charge in [-0.15, -0.1) is 0 Å². The fraction of sp³-hybridized carbons (Fsp3) is 0.227. The third kappa shape index (κ3) is 2.58. The van der Waals surface area contributed by atoms with Gasteiger partial charge in [0.15, 0.2) is 0 Å². The minimum absolute atomic E-state index is 0.0590. The average Bonchev–Trinajstić information content (AvgIpc) is 3.28. The molecular formula is C22H20N4O. The van der Waals surface area contributed by atoms with E-state index in [1.165, 1.54) is 5.56 Å². The molecule has 134 valence electrons. The number of fused-ring (bicyclic) bond motifs is 5. The van der Waals surface area contributed by atoms with Gasteiger partial charge in [0, 0.05) is 23.6 Å². The van der Waals surface area contributed by atoms with Crippen molar-refractivity contribution in [2.45, 2.75) is 31.8 Å². The molecule has 1 N–H and O–H groups in total. The zero-order chi connectivity index (χ0) is 18.4. The van der Waals surface area contributed by atoms with Crippen molar-refractivity contribution < 1.29 is 4.79 Å². The van der Waals surface area contributed by atoms with E-state index >= 15 is 0 Å². The first kappa shape index (κ1) is 16.0. The van der Waals surface area contributed by atoms with Crippen LogP contribution in [0, 0.1) is 6.92 Å². The second kappa shape index (κ2) is 6.20. The zero-order valence-electron chi connectivity index (χ0n) is 15.1. The molecule has 5 nitrogen and oxygen atoms in total. The summed E-state index contributed by atoms with van der Waals surface area (Å²) >= 11 is 0. The molecule has 27 heavy (non-hydrogen) atoms. The third-order valence-corrected chi connectivity index (χ3v) is 5.60. The van der Waals surface area contributed by atoms with Crippen LogP contribution in [0.4, 0.5) is 10.5 Å². The van der Waals surface area contributed by atoms with Crippen LogP contribution >= 0.6 is 0 Å². The predicted molar refractivity (Wildman–Crippen MR) is 104 cm³/mol. The summed E-state index contributed by atoms with van der Waals surface area (Å²) in [6.07, 6.45) is 5.58. The maximum absolute atomic E-state index is 13.0. The number of hydrogen-bond acceptors (Lipinski definition) is 3. The van der Waals surface area contributed by atoms with Gasteiger partial charge < -0.3 is 10.2 Å². The van der Waals surface area contributed by atoms with E-state index in [4.69, 9.17) is 0 Å². The van der Waals surface area contributed by atoms with Crippen LogP contribution in [-0.4, -0.2) is 20.9 Å². The number of rotatable bonds is 2. The zero-order valence-corrected chi connectivity index (χ0v) is 15.1. The number of aromatic nitrogens is 2. The van der Waals surface area contributed by atoms with Gasteiger partial charge in [-0.3, -0.25) is 9.97 Å². The highest BCUT2D eigenvalue weighted by atomic mass is 16.2. The summed E-state index contributed by atoms with van der Waals surface area (Å²) in [5, 5.41) is 3.09. The van der Waals surface area contributed by atoms with Crippen molar-refractivity contribution in [3.63, 3.8) is 0 Å². The number of carbonyl (C=O) groups excluding carboxylic acids is 1. The first-order chi connectivity index (χ1) is 13.2. The molecule has 5 heteroatoms. The summed E-state index contributed by atoms with van der Waals surface area (Å²) in [4.78, 5) is 24.0. The Morgan fingerprint density at radius 1 is 1.04 bits per heavy atom. The van der Waals surface area contributed by atoms with Crippen LogP contribution in [-0.2, 0) is 0 Å². The maximum Gasteiger partial charge on any atom is 0.322 e. The van der Waals surface area contributed by atoms with E-state index in [1.807, 2.05) is 53.6 Å². The Morgan fingerprint density at radius 3 is 2.70 bits per heavy atom. The topological polar surface area (TPSA) is 58.1 Å². The van der Waals surface area contributed by atoms with Crippen molar-refractivity contribution >= 4 is 11.7 Å². The second-order valence-electron chi connectivity index (χ2n) is 7.17. The van der Waals surface area contributed by atoms with Gasteiger partial charge in [0.2, 0.25) is 0 Å². The number of nitrogens with one attached hydrogen (secondary N) is 1. The first-order valence-electron chi connectivity index (χ1n) is 9.28. The molecule has 0 radical (unpaired) electrons. The van der Waals surface area contributed by atoms with Gasteiger partial charge in [-0.05, 0) is 61.2 Å². The van der Waals surface area contributed by atoms with Crippen molar-refractivity contribution in [2.24, 2.45) is 0 Å². The van der Waals surface area contributed by atoms with Crippen molar-refractivity contribution in [1.82, 2.24) is 14.9 Å². The molecule has 1 saturated heterocycles. The Bertz CT molecular complexity index is 987. The SMILES string of the molecule is Cc1ccc(NC(=O)N2C3CCC2c2ncccc23)cc1-c1ccccn1. The molecule has 2 amide bonds. The molecule has 0 spiro atoms. The number of benzene rings is 1. The standard InChI is InChI=1S/C22H20N4O/c1-14-7-8-15(13-17(14)18-6-2-3-11-23-18)25-22(27)26-19-9-10-20(26)21-16(19)5-4-12-24-21/h2-8,11-13,19-20H,9-10H2,1H3,(H,25,27). The van der Waals surface area contributed by atoms with Crippen LogP contribution in [0.3, 0.4) is 0 Å². The van der Waals surface area contributed by atoms with Crippen molar-refractivity contribution in [3.05, 3.63) is 77.7 Å². The molecule has 2 atom stereocenters. The lowest BCUT2D eigenvalue weighted by Crippen LogP contribution is -2.32.